The molecule has 0 atom stereocenters. The van der Waals surface area contributed by atoms with Gasteiger partial charge in [-0.1, -0.05) is 30.3 Å². The monoisotopic (exact) mass is 438 g/mol. The van der Waals surface area contributed by atoms with E-state index in [1.54, 1.807) is 17.1 Å². The number of ether oxygens (including phenoxy) is 1. The second-order valence-corrected chi connectivity index (χ2v) is 7.89. The highest BCUT2D eigenvalue weighted by atomic mass is 16.5. The fourth-order valence-electron chi connectivity index (χ4n) is 4.10. The normalized spacial score (nSPS) is 14.2. The molecule has 5 aromatic rings. The number of aromatic nitrogens is 7. The lowest BCUT2D eigenvalue weighted by Crippen LogP contribution is -2.37. The molecule has 5 heterocycles. The van der Waals surface area contributed by atoms with Gasteiger partial charge in [0.1, 0.15) is 5.82 Å². The molecule has 1 saturated heterocycles. The van der Waals surface area contributed by atoms with Crippen molar-refractivity contribution in [3.63, 3.8) is 0 Å². The molecule has 1 fully saturated rings. The molecule has 0 spiro atoms. The second kappa shape index (κ2) is 8.10. The first-order chi connectivity index (χ1) is 16.3. The number of hydrogen-bond donors (Lipinski definition) is 0. The minimum Gasteiger partial charge on any atom is -0.378 e. The van der Waals surface area contributed by atoms with E-state index in [9.17, 15) is 0 Å². The summed E-state index contributed by atoms with van der Waals surface area (Å²) in [7, 11) is 1.98. The average Bonchev–Trinajstić information content (AvgIpc) is 3.51. The van der Waals surface area contributed by atoms with Crippen LogP contribution in [0.25, 0.3) is 39.6 Å². The summed E-state index contributed by atoms with van der Waals surface area (Å²) in [4.78, 5) is 21.1. The third kappa shape index (κ3) is 3.52. The Morgan fingerprint density at radius 2 is 1.64 bits per heavy atom. The number of anilines is 1. The van der Waals surface area contributed by atoms with Gasteiger partial charge in [-0.05, 0) is 17.7 Å². The highest BCUT2D eigenvalue weighted by molar-refractivity contribution is 5.87. The molecule has 9 heteroatoms. The van der Waals surface area contributed by atoms with Crippen molar-refractivity contribution in [3.8, 4) is 28.5 Å². The van der Waals surface area contributed by atoms with Gasteiger partial charge in [0.25, 0.3) is 5.95 Å². The predicted octanol–water partition coefficient (Wildman–Crippen LogP) is 3.11. The van der Waals surface area contributed by atoms with E-state index < -0.39 is 0 Å². The number of fused-ring (bicyclic) bond motifs is 1. The summed E-state index contributed by atoms with van der Waals surface area (Å²) in [6.45, 7) is 2.82. The van der Waals surface area contributed by atoms with E-state index in [0.717, 1.165) is 52.6 Å². The van der Waals surface area contributed by atoms with Gasteiger partial charge in [0.2, 0.25) is 0 Å². The maximum Gasteiger partial charge on any atom is 0.254 e. The Balaban J connectivity index is 1.52. The topological polar surface area (TPSA) is 86.8 Å². The van der Waals surface area contributed by atoms with Crippen LogP contribution in [0, 0.1) is 0 Å². The van der Waals surface area contributed by atoms with Gasteiger partial charge in [0.05, 0.1) is 19.4 Å². The Morgan fingerprint density at radius 1 is 0.848 bits per heavy atom. The summed E-state index contributed by atoms with van der Waals surface area (Å²) < 4.78 is 9.29. The SMILES string of the molecule is Cn1c(-c2ccncc2)nc2c(N3CCOCC3)nc(-n3cc(-c4ccccc4)cn3)nc21. The average molecular weight is 438 g/mol. The number of aryl methyl sites for hydroxylation is 1. The van der Waals surface area contributed by atoms with Gasteiger partial charge in [-0.15, -0.1) is 0 Å². The smallest absolute Gasteiger partial charge is 0.254 e. The molecule has 1 aliphatic rings. The number of imidazole rings is 1. The standard InChI is InChI=1S/C24H22N8O/c1-30-21(18-7-9-25-10-8-18)27-20-22(30)28-24(29-23(20)31-11-13-33-14-12-31)32-16-19(15-26-32)17-5-3-2-4-6-17/h2-10,15-16H,11-14H2,1H3. The number of hydrogen-bond acceptors (Lipinski definition) is 7. The molecule has 164 valence electrons. The van der Waals surface area contributed by atoms with Crippen LogP contribution >= 0.6 is 0 Å². The van der Waals surface area contributed by atoms with Gasteiger partial charge in [-0.2, -0.15) is 15.1 Å². The first kappa shape index (κ1) is 19.6. The molecule has 0 radical (unpaired) electrons. The van der Waals surface area contributed by atoms with Crippen LogP contribution in [0.1, 0.15) is 0 Å². The first-order valence-corrected chi connectivity index (χ1v) is 10.9. The second-order valence-electron chi connectivity index (χ2n) is 7.89. The first-order valence-electron chi connectivity index (χ1n) is 10.9. The number of rotatable bonds is 4. The lowest BCUT2D eigenvalue weighted by Gasteiger charge is -2.28. The molecule has 0 saturated carbocycles. The molecule has 4 aromatic heterocycles. The van der Waals surface area contributed by atoms with Crippen LogP contribution in [0.3, 0.4) is 0 Å². The van der Waals surface area contributed by atoms with Crippen molar-refractivity contribution in [3.05, 3.63) is 67.3 Å². The van der Waals surface area contributed by atoms with Crippen molar-refractivity contribution < 1.29 is 4.74 Å². The summed E-state index contributed by atoms with van der Waals surface area (Å²) >= 11 is 0. The Labute approximate surface area is 190 Å². The maximum absolute atomic E-state index is 5.56. The van der Waals surface area contributed by atoms with Gasteiger partial charge >= 0.3 is 0 Å². The van der Waals surface area contributed by atoms with E-state index in [4.69, 9.17) is 19.7 Å². The van der Waals surface area contributed by atoms with Gasteiger partial charge in [-0.3, -0.25) is 4.98 Å². The zero-order chi connectivity index (χ0) is 22.2. The van der Waals surface area contributed by atoms with Crippen LogP contribution < -0.4 is 4.90 Å². The molecular weight excluding hydrogens is 416 g/mol. The lowest BCUT2D eigenvalue weighted by atomic mass is 10.1. The zero-order valence-corrected chi connectivity index (χ0v) is 18.2. The molecule has 0 amide bonds. The van der Waals surface area contributed by atoms with Gasteiger partial charge in [0, 0.05) is 49.9 Å². The summed E-state index contributed by atoms with van der Waals surface area (Å²) in [6, 6.07) is 14.1. The van der Waals surface area contributed by atoms with E-state index in [0.29, 0.717) is 19.2 Å². The van der Waals surface area contributed by atoms with E-state index >= 15 is 0 Å². The van der Waals surface area contributed by atoms with Crippen LogP contribution in [0.2, 0.25) is 0 Å². The van der Waals surface area contributed by atoms with Crippen molar-refractivity contribution in [1.29, 1.82) is 0 Å². The highest BCUT2D eigenvalue weighted by Gasteiger charge is 2.23. The number of morpholine rings is 1. The molecule has 0 bridgehead atoms. The fraction of sp³-hybridized carbons (Fsp3) is 0.208. The maximum atomic E-state index is 5.56. The third-order valence-electron chi connectivity index (χ3n) is 5.83. The quantitative estimate of drug-likeness (QED) is 0.426. The number of pyridine rings is 1. The zero-order valence-electron chi connectivity index (χ0n) is 18.2. The van der Waals surface area contributed by atoms with Crippen LogP contribution in [0.15, 0.2) is 67.3 Å². The minimum atomic E-state index is 0.510. The highest BCUT2D eigenvalue weighted by Crippen LogP contribution is 2.30. The molecule has 6 rings (SSSR count). The molecule has 0 N–H and O–H groups in total. The lowest BCUT2D eigenvalue weighted by molar-refractivity contribution is 0.122. The Morgan fingerprint density at radius 3 is 2.42 bits per heavy atom. The molecule has 0 unspecified atom stereocenters. The van der Waals surface area contributed by atoms with Gasteiger partial charge < -0.3 is 14.2 Å². The Kier molecular flexibility index (Phi) is 4.80. The van der Waals surface area contributed by atoms with Crippen LogP contribution in [0.5, 0.6) is 0 Å². The van der Waals surface area contributed by atoms with Crippen molar-refractivity contribution in [2.45, 2.75) is 0 Å². The van der Waals surface area contributed by atoms with E-state index in [1.807, 2.05) is 54.3 Å². The van der Waals surface area contributed by atoms with Crippen molar-refractivity contribution in [2.24, 2.45) is 7.05 Å². The predicted molar refractivity (Wildman–Crippen MR) is 125 cm³/mol. The van der Waals surface area contributed by atoms with Crippen molar-refractivity contribution in [1.82, 2.24) is 34.3 Å². The van der Waals surface area contributed by atoms with Crippen LogP contribution in [0.4, 0.5) is 5.82 Å². The summed E-state index contributed by atoms with van der Waals surface area (Å²) in [5.41, 5.74) is 4.61. The Hall–Kier alpha value is -4.11. The summed E-state index contributed by atoms with van der Waals surface area (Å²) in [6.07, 6.45) is 7.33. The number of benzene rings is 1. The Bertz CT molecular complexity index is 1400. The molecular formula is C24H22N8O. The van der Waals surface area contributed by atoms with E-state index in [1.165, 1.54) is 0 Å². The largest absolute Gasteiger partial charge is 0.378 e. The van der Waals surface area contributed by atoms with Gasteiger partial charge in [-0.25, -0.2) is 9.67 Å². The van der Waals surface area contributed by atoms with Crippen molar-refractivity contribution in [2.75, 3.05) is 31.2 Å². The molecule has 1 aliphatic heterocycles. The van der Waals surface area contributed by atoms with E-state index in [2.05, 4.69) is 27.1 Å². The third-order valence-corrected chi connectivity index (χ3v) is 5.83. The summed E-state index contributed by atoms with van der Waals surface area (Å²) in [5.74, 6) is 2.13. The van der Waals surface area contributed by atoms with Crippen LogP contribution in [-0.2, 0) is 11.8 Å². The van der Waals surface area contributed by atoms with Crippen LogP contribution in [-0.4, -0.2) is 60.6 Å². The molecule has 33 heavy (non-hydrogen) atoms. The van der Waals surface area contributed by atoms with E-state index in [-0.39, 0.29) is 0 Å². The van der Waals surface area contributed by atoms with Gasteiger partial charge in [0.15, 0.2) is 17.0 Å². The van der Waals surface area contributed by atoms with Crippen molar-refractivity contribution >= 4 is 17.0 Å². The molecule has 1 aromatic carbocycles. The molecule has 0 aliphatic carbocycles. The minimum absolute atomic E-state index is 0.510. The molecule has 9 nitrogen and oxygen atoms in total. The fourth-order valence-corrected chi connectivity index (χ4v) is 4.10. The summed E-state index contributed by atoms with van der Waals surface area (Å²) in [5, 5.41) is 4.56. The number of nitrogens with zero attached hydrogens (tertiary/aromatic N) is 8.